The van der Waals surface area contributed by atoms with Crippen LogP contribution in [0.5, 0.6) is 17.2 Å². The van der Waals surface area contributed by atoms with Gasteiger partial charge in [-0.05, 0) is 143 Å². The average molecular weight is 815 g/mol. The van der Waals surface area contributed by atoms with E-state index >= 15 is 0 Å². The second-order valence-corrected chi connectivity index (χ2v) is 25.4. The number of para-hydroxylation sites is 3. The summed E-state index contributed by atoms with van der Waals surface area (Å²) in [7, 11) is -1.88. The summed E-state index contributed by atoms with van der Waals surface area (Å²) in [6.45, 7) is 42.6. The summed E-state index contributed by atoms with van der Waals surface area (Å²) in [6, 6.07) is 25.8. The third-order valence-electron chi connectivity index (χ3n) is 12.2. The van der Waals surface area contributed by atoms with E-state index in [1.165, 1.54) is 36.0 Å². The lowest BCUT2D eigenvalue weighted by Crippen LogP contribution is -2.25. The van der Waals surface area contributed by atoms with Gasteiger partial charge in [-0.2, -0.15) is 0 Å². The van der Waals surface area contributed by atoms with Crippen LogP contribution in [-0.2, 0) is 19.3 Å². The molecule has 0 N–H and O–H groups in total. The maximum atomic E-state index is 7.07. The summed E-state index contributed by atoms with van der Waals surface area (Å²) < 4.78 is 21.2. The second-order valence-electron chi connectivity index (χ2n) is 24.4. The van der Waals surface area contributed by atoms with Gasteiger partial charge in [0.05, 0.1) is 0 Å². The van der Waals surface area contributed by atoms with Gasteiger partial charge >= 0.3 is 8.60 Å². The predicted molar refractivity (Wildman–Crippen MR) is 254 cm³/mol. The van der Waals surface area contributed by atoms with E-state index in [1.807, 2.05) is 0 Å². The van der Waals surface area contributed by atoms with E-state index in [2.05, 4.69) is 197 Å². The Kier molecular flexibility index (Phi) is 17.5. The quantitative estimate of drug-likeness (QED) is 0.120. The first-order chi connectivity index (χ1) is 26.5. The molecule has 3 aromatic carbocycles. The molecule has 0 aliphatic heterocycles. The smallest absolute Gasteiger partial charge is 0.408 e. The Hall–Kier alpha value is -2.51. The van der Waals surface area contributed by atoms with Crippen LogP contribution in [0.3, 0.4) is 0 Å². The van der Waals surface area contributed by atoms with E-state index in [0.29, 0.717) is 17.8 Å². The Bertz CT molecular complexity index is 1470. The van der Waals surface area contributed by atoms with Crippen LogP contribution in [0.2, 0.25) is 0 Å². The monoisotopic (exact) mass is 815 g/mol. The van der Waals surface area contributed by atoms with Crippen LogP contribution in [0.25, 0.3) is 0 Å². The van der Waals surface area contributed by atoms with Crippen LogP contribution in [0.15, 0.2) is 72.8 Å². The summed E-state index contributed by atoms with van der Waals surface area (Å²) in [5.74, 6) is 4.04. The third kappa shape index (κ3) is 18.0. The molecular formula is C54H87O3P. The first kappa shape index (κ1) is 49.8. The highest BCUT2D eigenvalue weighted by atomic mass is 31.2. The van der Waals surface area contributed by atoms with Crippen molar-refractivity contribution in [3.63, 3.8) is 0 Å². The standard InChI is InChI=1S/C54H87O3P/c1-49(2,3)34-31-43(52(10,11)12)37-40-25-19-22-28-46(40)55-58(56-47-29-23-20-26-41(47)38-44(53(13,14)15)32-35-50(4,5)6)57-48-30-24-21-27-42(48)39-45(54(16,17)18)33-36-51(7,8)9/h19-30,43-45H,31-39H2,1-18H3. The Morgan fingerprint density at radius 1 is 0.362 bits per heavy atom. The minimum atomic E-state index is -1.88. The Labute approximate surface area is 360 Å². The maximum Gasteiger partial charge on any atom is 0.530 e. The summed E-state index contributed by atoms with van der Waals surface area (Å²) in [5.41, 5.74) is 4.95. The Balaban J connectivity index is 2.09. The number of rotatable bonds is 18. The molecule has 58 heavy (non-hydrogen) atoms. The molecule has 0 fully saturated rings. The molecule has 3 aromatic rings. The zero-order valence-corrected chi connectivity index (χ0v) is 41.6. The highest BCUT2D eigenvalue weighted by molar-refractivity contribution is 7.43. The molecule has 3 unspecified atom stereocenters. The lowest BCUT2D eigenvalue weighted by Gasteiger charge is -2.34. The number of hydrogen-bond donors (Lipinski definition) is 0. The van der Waals surface area contributed by atoms with E-state index in [9.17, 15) is 0 Å². The molecule has 0 bridgehead atoms. The van der Waals surface area contributed by atoms with Crippen molar-refractivity contribution in [1.29, 1.82) is 0 Å². The average Bonchev–Trinajstić information content (AvgIpc) is 3.06. The molecule has 3 atom stereocenters. The summed E-state index contributed by atoms with van der Waals surface area (Å²) >= 11 is 0. The van der Waals surface area contributed by atoms with Gasteiger partial charge in [-0.1, -0.05) is 179 Å². The molecule has 0 saturated heterocycles. The van der Waals surface area contributed by atoms with Crippen LogP contribution in [0.4, 0.5) is 0 Å². The molecular weight excluding hydrogens is 728 g/mol. The van der Waals surface area contributed by atoms with E-state index in [-0.39, 0.29) is 32.5 Å². The zero-order valence-electron chi connectivity index (χ0n) is 40.7. The molecule has 4 heteroatoms. The van der Waals surface area contributed by atoms with Crippen LogP contribution < -0.4 is 13.6 Å². The van der Waals surface area contributed by atoms with Crippen molar-refractivity contribution in [3.8, 4) is 17.2 Å². The van der Waals surface area contributed by atoms with Crippen LogP contribution in [0, 0.1) is 50.2 Å². The Morgan fingerprint density at radius 2 is 0.586 bits per heavy atom. The molecule has 0 amide bonds. The van der Waals surface area contributed by atoms with Gasteiger partial charge in [-0.25, -0.2) is 0 Å². The minimum Gasteiger partial charge on any atom is -0.408 e. The van der Waals surface area contributed by atoms with Gasteiger partial charge in [0.2, 0.25) is 0 Å². The first-order valence-corrected chi connectivity index (χ1v) is 23.7. The van der Waals surface area contributed by atoms with Gasteiger partial charge in [0.25, 0.3) is 0 Å². The molecule has 3 rings (SSSR count). The molecule has 0 saturated carbocycles. The van der Waals surface area contributed by atoms with Crippen molar-refractivity contribution in [3.05, 3.63) is 89.5 Å². The van der Waals surface area contributed by atoms with Crippen molar-refractivity contribution in [2.45, 2.75) is 182 Å². The van der Waals surface area contributed by atoms with Crippen molar-refractivity contribution in [1.82, 2.24) is 0 Å². The van der Waals surface area contributed by atoms with Crippen molar-refractivity contribution < 1.29 is 13.6 Å². The minimum absolute atomic E-state index is 0.154. The van der Waals surface area contributed by atoms with E-state index in [0.717, 1.165) is 55.8 Å². The lowest BCUT2D eigenvalue weighted by atomic mass is 9.72. The van der Waals surface area contributed by atoms with Gasteiger partial charge in [-0.3, -0.25) is 0 Å². The molecule has 3 nitrogen and oxygen atoms in total. The predicted octanol–water partition coefficient (Wildman–Crippen LogP) is 17.5. The van der Waals surface area contributed by atoms with Crippen molar-refractivity contribution in [2.75, 3.05) is 0 Å². The number of hydrogen-bond acceptors (Lipinski definition) is 3. The molecule has 0 spiro atoms. The van der Waals surface area contributed by atoms with E-state index in [1.54, 1.807) is 0 Å². The third-order valence-corrected chi connectivity index (χ3v) is 13.3. The summed E-state index contributed by atoms with van der Waals surface area (Å²) in [4.78, 5) is 0. The van der Waals surface area contributed by atoms with Crippen molar-refractivity contribution >= 4 is 8.60 Å². The fourth-order valence-electron chi connectivity index (χ4n) is 7.72. The SMILES string of the molecule is CC(C)(C)CCC(Cc1ccccc1OP(Oc1ccccc1CC(CCC(C)(C)C)C(C)(C)C)Oc1ccccc1CC(CCC(C)(C)C)C(C)(C)C)C(C)(C)C. The molecule has 0 aliphatic rings. The molecule has 0 radical (unpaired) electrons. The van der Waals surface area contributed by atoms with E-state index in [4.69, 9.17) is 13.6 Å². The van der Waals surface area contributed by atoms with Gasteiger partial charge in [0.1, 0.15) is 17.2 Å². The highest BCUT2D eigenvalue weighted by Gasteiger charge is 2.32. The summed E-state index contributed by atoms with van der Waals surface area (Å²) in [5, 5.41) is 0. The maximum absolute atomic E-state index is 7.07. The van der Waals surface area contributed by atoms with E-state index < -0.39 is 8.60 Å². The summed E-state index contributed by atoms with van der Waals surface area (Å²) in [6.07, 6.45) is 9.86. The fourth-order valence-corrected chi connectivity index (χ4v) is 8.85. The highest BCUT2D eigenvalue weighted by Crippen LogP contribution is 2.48. The molecule has 0 heterocycles. The lowest BCUT2D eigenvalue weighted by molar-refractivity contribution is 0.194. The topological polar surface area (TPSA) is 27.7 Å². The largest absolute Gasteiger partial charge is 0.530 e. The van der Waals surface area contributed by atoms with Crippen LogP contribution in [-0.4, -0.2) is 0 Å². The van der Waals surface area contributed by atoms with Crippen molar-refractivity contribution in [2.24, 2.45) is 50.2 Å². The first-order valence-electron chi connectivity index (χ1n) is 22.6. The normalized spacial score (nSPS) is 15.4. The molecule has 326 valence electrons. The van der Waals surface area contributed by atoms with Gasteiger partial charge in [0.15, 0.2) is 0 Å². The number of benzene rings is 3. The van der Waals surface area contributed by atoms with Crippen LogP contribution >= 0.6 is 8.60 Å². The molecule has 0 aromatic heterocycles. The zero-order chi connectivity index (χ0) is 43.7. The Morgan fingerprint density at radius 3 is 0.793 bits per heavy atom. The fraction of sp³-hybridized carbons (Fsp3) is 0.667. The van der Waals surface area contributed by atoms with Gasteiger partial charge in [0, 0.05) is 0 Å². The van der Waals surface area contributed by atoms with Gasteiger partial charge < -0.3 is 13.6 Å². The van der Waals surface area contributed by atoms with Gasteiger partial charge in [-0.15, -0.1) is 0 Å². The van der Waals surface area contributed by atoms with Crippen LogP contribution in [0.1, 0.15) is 180 Å². The molecule has 0 aliphatic carbocycles. The second kappa shape index (κ2) is 20.4.